The molecule has 0 aliphatic rings. The van der Waals surface area contributed by atoms with Gasteiger partial charge in [0.15, 0.2) is 0 Å². The van der Waals surface area contributed by atoms with Gasteiger partial charge in [0.1, 0.15) is 0 Å². The van der Waals surface area contributed by atoms with Crippen LogP contribution in [0.1, 0.15) is 49.9 Å². The van der Waals surface area contributed by atoms with Gasteiger partial charge in [0, 0.05) is 30.0 Å². The van der Waals surface area contributed by atoms with E-state index in [0.29, 0.717) is 25.3 Å². The average molecular weight is 371 g/mol. The van der Waals surface area contributed by atoms with Crippen LogP contribution in [0.15, 0.2) is 22.9 Å². The highest BCUT2D eigenvalue weighted by Gasteiger charge is 2.17. The molecule has 0 aliphatic heterocycles. The van der Waals surface area contributed by atoms with E-state index < -0.39 is 0 Å². The molecular weight excluding hydrogens is 348 g/mol. The maximum atomic E-state index is 12.6. The Bertz CT molecular complexity index is 494. The van der Waals surface area contributed by atoms with Crippen LogP contribution < -0.4 is 0 Å². The molecule has 0 unspecified atom stereocenters. The Kier molecular flexibility index (Phi) is 8.74. The number of halogens is 1. The Morgan fingerprint density at radius 1 is 1.23 bits per heavy atom. The number of hydrogen-bond donors (Lipinski definition) is 0. The van der Waals surface area contributed by atoms with Crippen molar-refractivity contribution in [2.45, 2.75) is 39.5 Å². The first-order chi connectivity index (χ1) is 10.6. The number of rotatable bonds is 9. The summed E-state index contributed by atoms with van der Waals surface area (Å²) in [6, 6.07) is 1.74. The summed E-state index contributed by atoms with van der Waals surface area (Å²) in [6.45, 7) is 5.25. The average Bonchev–Trinajstić information content (AvgIpc) is 2.50. The second kappa shape index (κ2) is 10.3. The molecule has 0 N–H and O–H groups in total. The lowest BCUT2D eigenvalue weighted by molar-refractivity contribution is -0.143. The number of carbonyl (C=O) groups is 2. The molecule has 0 radical (unpaired) electrons. The standard InChI is InChI=1S/C16H23BrN2O3/c1-3-5-6-8-19(9-7-15(20)22-4-2)16(21)13-10-14(17)12-18-11-13/h10-12H,3-9H2,1-2H3. The summed E-state index contributed by atoms with van der Waals surface area (Å²) < 4.78 is 5.69. The molecule has 0 aliphatic carbocycles. The molecule has 5 nitrogen and oxygen atoms in total. The van der Waals surface area contributed by atoms with E-state index in [1.165, 1.54) is 0 Å². The molecule has 0 aromatic carbocycles. The number of nitrogens with zero attached hydrogens (tertiary/aromatic N) is 2. The minimum absolute atomic E-state index is 0.103. The number of carbonyl (C=O) groups excluding carboxylic acids is 2. The van der Waals surface area contributed by atoms with Crippen LogP contribution in [0, 0.1) is 0 Å². The molecule has 1 aromatic heterocycles. The smallest absolute Gasteiger partial charge is 0.307 e. The van der Waals surface area contributed by atoms with Crippen LogP contribution in [-0.2, 0) is 9.53 Å². The van der Waals surface area contributed by atoms with Crippen molar-refractivity contribution in [1.82, 2.24) is 9.88 Å². The van der Waals surface area contributed by atoms with Gasteiger partial charge in [-0.3, -0.25) is 14.6 Å². The highest BCUT2D eigenvalue weighted by molar-refractivity contribution is 9.10. The number of amides is 1. The van der Waals surface area contributed by atoms with E-state index in [1.807, 2.05) is 0 Å². The van der Waals surface area contributed by atoms with Crippen LogP contribution in [0.25, 0.3) is 0 Å². The summed E-state index contributed by atoms with van der Waals surface area (Å²) in [4.78, 5) is 29.8. The third kappa shape index (κ3) is 6.56. The zero-order valence-corrected chi connectivity index (χ0v) is 14.8. The molecule has 0 saturated carbocycles. The Labute approximate surface area is 140 Å². The number of unbranched alkanes of at least 4 members (excludes halogenated alkanes) is 2. The van der Waals surface area contributed by atoms with Crippen molar-refractivity contribution in [3.8, 4) is 0 Å². The summed E-state index contributed by atoms with van der Waals surface area (Å²) in [5, 5.41) is 0. The molecular formula is C16H23BrN2O3. The van der Waals surface area contributed by atoms with Gasteiger partial charge in [0.2, 0.25) is 0 Å². The van der Waals surface area contributed by atoms with E-state index in [-0.39, 0.29) is 18.3 Å². The van der Waals surface area contributed by atoms with E-state index >= 15 is 0 Å². The maximum absolute atomic E-state index is 12.6. The summed E-state index contributed by atoms with van der Waals surface area (Å²) >= 11 is 3.32. The van der Waals surface area contributed by atoms with Gasteiger partial charge in [0.05, 0.1) is 18.6 Å². The number of hydrogen-bond acceptors (Lipinski definition) is 4. The SMILES string of the molecule is CCCCCN(CCC(=O)OCC)C(=O)c1cncc(Br)c1. The third-order valence-corrected chi connectivity index (χ3v) is 3.60. The summed E-state index contributed by atoms with van der Waals surface area (Å²) in [5.41, 5.74) is 0.523. The van der Waals surface area contributed by atoms with E-state index in [2.05, 4.69) is 27.8 Å². The maximum Gasteiger partial charge on any atom is 0.307 e. The number of aromatic nitrogens is 1. The number of ether oxygens (including phenoxy) is 1. The van der Waals surface area contributed by atoms with Crippen molar-refractivity contribution in [2.75, 3.05) is 19.7 Å². The molecule has 0 atom stereocenters. The van der Waals surface area contributed by atoms with Gasteiger partial charge in [-0.2, -0.15) is 0 Å². The van der Waals surface area contributed by atoms with Gasteiger partial charge >= 0.3 is 5.97 Å². The van der Waals surface area contributed by atoms with Crippen LogP contribution in [0.5, 0.6) is 0 Å². The number of esters is 1. The second-order valence-electron chi connectivity index (χ2n) is 4.95. The van der Waals surface area contributed by atoms with E-state index in [1.54, 1.807) is 30.3 Å². The summed E-state index contributed by atoms with van der Waals surface area (Å²) in [5.74, 6) is -0.377. The van der Waals surface area contributed by atoms with Crippen LogP contribution in [0.4, 0.5) is 0 Å². The molecule has 1 amide bonds. The molecule has 122 valence electrons. The zero-order valence-electron chi connectivity index (χ0n) is 13.2. The highest BCUT2D eigenvalue weighted by atomic mass is 79.9. The van der Waals surface area contributed by atoms with Crippen molar-refractivity contribution >= 4 is 27.8 Å². The first-order valence-electron chi connectivity index (χ1n) is 7.63. The van der Waals surface area contributed by atoms with Crippen LogP contribution in [0.3, 0.4) is 0 Å². The Balaban J connectivity index is 2.70. The molecule has 1 aromatic rings. The predicted molar refractivity (Wildman–Crippen MR) is 88.6 cm³/mol. The topological polar surface area (TPSA) is 59.5 Å². The van der Waals surface area contributed by atoms with Gasteiger partial charge in [0.25, 0.3) is 5.91 Å². The first kappa shape index (κ1) is 18.6. The van der Waals surface area contributed by atoms with Crippen molar-refractivity contribution in [3.05, 3.63) is 28.5 Å². The lowest BCUT2D eigenvalue weighted by Gasteiger charge is -2.22. The fourth-order valence-electron chi connectivity index (χ4n) is 2.04. The van der Waals surface area contributed by atoms with Crippen molar-refractivity contribution in [3.63, 3.8) is 0 Å². The number of pyridine rings is 1. The van der Waals surface area contributed by atoms with Gasteiger partial charge in [-0.25, -0.2) is 0 Å². The largest absolute Gasteiger partial charge is 0.466 e. The van der Waals surface area contributed by atoms with Crippen molar-refractivity contribution in [2.24, 2.45) is 0 Å². The Morgan fingerprint density at radius 2 is 2.00 bits per heavy atom. The molecule has 0 spiro atoms. The van der Waals surface area contributed by atoms with E-state index in [0.717, 1.165) is 23.7 Å². The molecule has 1 heterocycles. The van der Waals surface area contributed by atoms with E-state index in [9.17, 15) is 9.59 Å². The zero-order chi connectivity index (χ0) is 16.4. The summed E-state index contributed by atoms with van der Waals surface area (Å²) in [7, 11) is 0. The summed E-state index contributed by atoms with van der Waals surface area (Å²) in [6.07, 6.45) is 6.46. The fourth-order valence-corrected chi connectivity index (χ4v) is 2.40. The highest BCUT2D eigenvalue weighted by Crippen LogP contribution is 2.13. The minimum atomic E-state index is -0.275. The van der Waals surface area contributed by atoms with Crippen molar-refractivity contribution < 1.29 is 14.3 Å². The van der Waals surface area contributed by atoms with Crippen LogP contribution in [-0.4, -0.2) is 41.5 Å². The molecule has 0 saturated heterocycles. The molecule has 0 bridgehead atoms. The molecule has 22 heavy (non-hydrogen) atoms. The second-order valence-corrected chi connectivity index (χ2v) is 5.86. The van der Waals surface area contributed by atoms with Crippen LogP contribution >= 0.6 is 15.9 Å². The van der Waals surface area contributed by atoms with Gasteiger partial charge in [-0.1, -0.05) is 19.8 Å². The van der Waals surface area contributed by atoms with E-state index in [4.69, 9.17) is 4.74 Å². The minimum Gasteiger partial charge on any atom is -0.466 e. The van der Waals surface area contributed by atoms with Crippen molar-refractivity contribution in [1.29, 1.82) is 0 Å². The van der Waals surface area contributed by atoms with Gasteiger partial charge in [-0.15, -0.1) is 0 Å². The van der Waals surface area contributed by atoms with Crippen LogP contribution in [0.2, 0.25) is 0 Å². The quantitative estimate of drug-likeness (QED) is 0.493. The molecule has 1 rings (SSSR count). The third-order valence-electron chi connectivity index (χ3n) is 3.16. The predicted octanol–water partition coefficient (Wildman–Crippen LogP) is 3.43. The van der Waals surface area contributed by atoms with Gasteiger partial charge in [-0.05, 0) is 35.3 Å². The molecule has 0 fully saturated rings. The monoisotopic (exact) mass is 370 g/mol. The molecule has 6 heteroatoms. The Morgan fingerprint density at radius 3 is 2.64 bits per heavy atom. The lowest BCUT2D eigenvalue weighted by Crippen LogP contribution is -2.34. The normalized spacial score (nSPS) is 10.3. The lowest BCUT2D eigenvalue weighted by atomic mass is 10.2. The fraction of sp³-hybridized carbons (Fsp3) is 0.562. The Hall–Kier alpha value is -1.43. The van der Waals surface area contributed by atoms with Gasteiger partial charge < -0.3 is 9.64 Å². The first-order valence-corrected chi connectivity index (χ1v) is 8.43.